The van der Waals surface area contributed by atoms with E-state index in [2.05, 4.69) is 46.3 Å². The molecule has 4 aromatic rings. The molecule has 0 saturated heterocycles. The van der Waals surface area contributed by atoms with Crippen molar-refractivity contribution in [2.75, 3.05) is 6.79 Å². The number of ether oxygens (including phenoxy) is 2. The number of hydrogen-bond donors (Lipinski definition) is 0. The fourth-order valence-electron chi connectivity index (χ4n) is 2.74. The first-order chi connectivity index (χ1) is 11.8. The zero-order chi connectivity index (χ0) is 16.4. The largest absolute Gasteiger partial charge is 0.457 e. The van der Waals surface area contributed by atoms with Crippen LogP contribution in [0.5, 0.6) is 11.5 Å². The molecule has 0 unspecified atom stereocenters. The average molecular weight is 379 g/mol. The summed E-state index contributed by atoms with van der Waals surface area (Å²) in [7, 11) is 0. The SMILES string of the molecule is Brc1c(OCOc2ccc3ccccc3c2)ccc2ccccc12. The highest BCUT2D eigenvalue weighted by atomic mass is 79.9. The molecular weight excluding hydrogens is 364 g/mol. The Kier molecular flexibility index (Phi) is 4.09. The minimum Gasteiger partial charge on any atom is -0.457 e. The predicted molar refractivity (Wildman–Crippen MR) is 102 cm³/mol. The van der Waals surface area contributed by atoms with Crippen LogP contribution in [0.3, 0.4) is 0 Å². The summed E-state index contributed by atoms with van der Waals surface area (Å²) in [4.78, 5) is 0. The Morgan fingerprint density at radius 2 is 1.38 bits per heavy atom. The minimum atomic E-state index is 0.162. The van der Waals surface area contributed by atoms with Crippen molar-refractivity contribution < 1.29 is 9.47 Å². The second-order valence-corrected chi connectivity index (χ2v) is 6.31. The van der Waals surface area contributed by atoms with Gasteiger partial charge in [-0.05, 0) is 55.7 Å². The highest BCUT2D eigenvalue weighted by Gasteiger charge is 2.06. The second-order valence-electron chi connectivity index (χ2n) is 5.51. The van der Waals surface area contributed by atoms with Crippen molar-refractivity contribution >= 4 is 37.5 Å². The van der Waals surface area contributed by atoms with Gasteiger partial charge < -0.3 is 9.47 Å². The Morgan fingerprint density at radius 1 is 0.667 bits per heavy atom. The van der Waals surface area contributed by atoms with E-state index in [0.29, 0.717) is 0 Å². The molecule has 3 heteroatoms. The third kappa shape index (κ3) is 2.95. The van der Waals surface area contributed by atoms with Crippen LogP contribution in [0.2, 0.25) is 0 Å². The molecule has 2 nitrogen and oxygen atoms in total. The molecule has 118 valence electrons. The van der Waals surface area contributed by atoms with Gasteiger partial charge in [0.05, 0.1) is 4.47 Å². The number of benzene rings is 4. The minimum absolute atomic E-state index is 0.162. The lowest BCUT2D eigenvalue weighted by Crippen LogP contribution is -2.06. The van der Waals surface area contributed by atoms with Crippen molar-refractivity contribution in [3.05, 3.63) is 83.3 Å². The third-order valence-electron chi connectivity index (χ3n) is 3.99. The summed E-state index contributed by atoms with van der Waals surface area (Å²) in [5, 5.41) is 4.65. The molecule has 0 aliphatic rings. The van der Waals surface area contributed by atoms with E-state index < -0.39 is 0 Å². The zero-order valence-corrected chi connectivity index (χ0v) is 14.5. The van der Waals surface area contributed by atoms with E-state index in [1.807, 2.05) is 48.5 Å². The van der Waals surface area contributed by atoms with E-state index >= 15 is 0 Å². The van der Waals surface area contributed by atoms with Crippen molar-refractivity contribution in [3.63, 3.8) is 0 Å². The van der Waals surface area contributed by atoms with Gasteiger partial charge in [0, 0.05) is 0 Å². The summed E-state index contributed by atoms with van der Waals surface area (Å²) < 4.78 is 12.5. The van der Waals surface area contributed by atoms with E-state index in [9.17, 15) is 0 Å². The lowest BCUT2D eigenvalue weighted by atomic mass is 10.1. The molecule has 0 heterocycles. The molecule has 0 bridgehead atoms. The van der Waals surface area contributed by atoms with Gasteiger partial charge in [-0.25, -0.2) is 0 Å². The molecule has 0 N–H and O–H groups in total. The molecule has 0 aliphatic carbocycles. The molecule has 4 aromatic carbocycles. The van der Waals surface area contributed by atoms with Gasteiger partial charge in [-0.2, -0.15) is 0 Å². The number of rotatable bonds is 4. The monoisotopic (exact) mass is 378 g/mol. The van der Waals surface area contributed by atoms with E-state index in [0.717, 1.165) is 26.7 Å². The number of fused-ring (bicyclic) bond motifs is 2. The highest BCUT2D eigenvalue weighted by molar-refractivity contribution is 9.10. The van der Waals surface area contributed by atoms with Crippen molar-refractivity contribution in [2.24, 2.45) is 0 Å². The smallest absolute Gasteiger partial charge is 0.230 e. The van der Waals surface area contributed by atoms with Crippen LogP contribution in [0.1, 0.15) is 0 Å². The lowest BCUT2D eigenvalue weighted by Gasteiger charge is -2.12. The molecule has 0 aromatic heterocycles. The van der Waals surface area contributed by atoms with E-state index in [-0.39, 0.29) is 6.79 Å². The summed E-state index contributed by atoms with van der Waals surface area (Å²) in [6.45, 7) is 0.162. The van der Waals surface area contributed by atoms with Crippen LogP contribution in [0.15, 0.2) is 83.3 Å². The first kappa shape index (κ1) is 15.0. The highest BCUT2D eigenvalue weighted by Crippen LogP contribution is 2.33. The van der Waals surface area contributed by atoms with Gasteiger partial charge in [-0.15, -0.1) is 0 Å². The first-order valence-electron chi connectivity index (χ1n) is 7.73. The summed E-state index contributed by atoms with van der Waals surface area (Å²) in [5.74, 6) is 1.57. The Morgan fingerprint density at radius 3 is 2.25 bits per heavy atom. The van der Waals surface area contributed by atoms with Crippen molar-refractivity contribution in [2.45, 2.75) is 0 Å². The maximum Gasteiger partial charge on any atom is 0.230 e. The van der Waals surface area contributed by atoms with Gasteiger partial charge in [0.25, 0.3) is 0 Å². The first-order valence-corrected chi connectivity index (χ1v) is 8.52. The molecular formula is C21H15BrO2. The maximum absolute atomic E-state index is 5.79. The fourth-order valence-corrected chi connectivity index (χ4v) is 3.35. The van der Waals surface area contributed by atoms with Gasteiger partial charge in [-0.1, -0.05) is 60.7 Å². The molecule has 0 spiro atoms. The van der Waals surface area contributed by atoms with Crippen LogP contribution in [0.4, 0.5) is 0 Å². The normalized spacial score (nSPS) is 10.9. The molecule has 4 rings (SSSR count). The molecule has 24 heavy (non-hydrogen) atoms. The Balaban J connectivity index is 1.49. The number of halogens is 1. The van der Waals surface area contributed by atoms with Crippen LogP contribution in [-0.2, 0) is 0 Å². The molecule has 0 radical (unpaired) electrons. The van der Waals surface area contributed by atoms with Gasteiger partial charge >= 0.3 is 0 Å². The Labute approximate surface area is 148 Å². The number of hydrogen-bond acceptors (Lipinski definition) is 2. The van der Waals surface area contributed by atoms with Gasteiger partial charge in [0.15, 0.2) is 0 Å². The molecule has 0 atom stereocenters. The van der Waals surface area contributed by atoms with Gasteiger partial charge in [0.1, 0.15) is 11.5 Å². The van der Waals surface area contributed by atoms with Crippen LogP contribution in [-0.4, -0.2) is 6.79 Å². The zero-order valence-electron chi connectivity index (χ0n) is 12.9. The maximum atomic E-state index is 5.79. The van der Waals surface area contributed by atoms with Gasteiger partial charge in [-0.3, -0.25) is 0 Å². The van der Waals surface area contributed by atoms with Crippen molar-refractivity contribution in [1.29, 1.82) is 0 Å². The molecule has 0 aliphatic heterocycles. The summed E-state index contributed by atoms with van der Waals surface area (Å²) >= 11 is 3.62. The van der Waals surface area contributed by atoms with Crippen LogP contribution < -0.4 is 9.47 Å². The van der Waals surface area contributed by atoms with Gasteiger partial charge in [0.2, 0.25) is 6.79 Å². The van der Waals surface area contributed by atoms with Crippen molar-refractivity contribution in [3.8, 4) is 11.5 Å². The molecule has 0 fully saturated rings. The fraction of sp³-hybridized carbons (Fsp3) is 0.0476. The summed E-state index contributed by atoms with van der Waals surface area (Å²) in [6, 6.07) is 26.4. The summed E-state index contributed by atoms with van der Waals surface area (Å²) in [6.07, 6.45) is 0. The van der Waals surface area contributed by atoms with E-state index in [4.69, 9.17) is 9.47 Å². The van der Waals surface area contributed by atoms with E-state index in [1.54, 1.807) is 0 Å². The predicted octanol–water partition coefficient (Wildman–Crippen LogP) is 6.17. The molecule has 0 saturated carbocycles. The van der Waals surface area contributed by atoms with Crippen LogP contribution in [0.25, 0.3) is 21.5 Å². The lowest BCUT2D eigenvalue weighted by molar-refractivity contribution is 0.119. The topological polar surface area (TPSA) is 18.5 Å². The van der Waals surface area contributed by atoms with E-state index in [1.165, 1.54) is 10.8 Å². The Bertz CT molecular complexity index is 1010. The third-order valence-corrected chi connectivity index (χ3v) is 4.81. The van der Waals surface area contributed by atoms with Crippen LogP contribution in [0, 0.1) is 0 Å². The summed E-state index contributed by atoms with van der Waals surface area (Å²) in [5.41, 5.74) is 0. The Hall–Kier alpha value is -2.52. The average Bonchev–Trinajstić information content (AvgIpc) is 2.64. The van der Waals surface area contributed by atoms with Crippen molar-refractivity contribution in [1.82, 2.24) is 0 Å². The standard InChI is InChI=1S/C21H15BrO2/c22-21-19-8-4-3-6-16(19)10-12-20(21)24-14-23-18-11-9-15-5-1-2-7-17(15)13-18/h1-13H,14H2. The van der Waals surface area contributed by atoms with Crippen LogP contribution >= 0.6 is 15.9 Å². The molecule has 0 amide bonds. The second kappa shape index (κ2) is 6.54. The quantitative estimate of drug-likeness (QED) is 0.395.